The van der Waals surface area contributed by atoms with Crippen molar-refractivity contribution in [2.24, 2.45) is 0 Å². The monoisotopic (exact) mass is 368 g/mol. The van der Waals surface area contributed by atoms with Gasteiger partial charge in [0.25, 0.3) is 5.69 Å². The van der Waals surface area contributed by atoms with Gasteiger partial charge in [0, 0.05) is 6.07 Å². The highest BCUT2D eigenvalue weighted by atomic mass is 35.5. The fourth-order valence-electron chi connectivity index (χ4n) is 1.52. The zero-order valence-electron chi connectivity index (χ0n) is 11.4. The Kier molecular flexibility index (Phi) is 6.60. The van der Waals surface area contributed by atoms with Gasteiger partial charge in [-0.15, -0.1) is 0 Å². The largest absolute Gasteiger partial charge is 0.480 e. The fourth-order valence-corrected chi connectivity index (χ4v) is 3.42. The maximum absolute atomic E-state index is 12.1. The van der Waals surface area contributed by atoms with E-state index >= 15 is 0 Å². The fraction of sp³-hybridized carbons (Fsp3) is 0.364. The molecule has 2 N–H and O–H groups in total. The molecule has 0 fully saturated rings. The van der Waals surface area contributed by atoms with Crippen LogP contribution in [0.15, 0.2) is 23.1 Å². The predicted octanol–water partition coefficient (Wildman–Crippen LogP) is 1.73. The maximum atomic E-state index is 12.1. The van der Waals surface area contributed by atoms with E-state index < -0.39 is 37.5 Å². The summed E-state index contributed by atoms with van der Waals surface area (Å²) in [5.41, 5.74) is -0.569. The molecule has 0 radical (unpaired) electrons. The van der Waals surface area contributed by atoms with Gasteiger partial charge in [-0.3, -0.25) is 14.9 Å². The molecule has 22 heavy (non-hydrogen) atoms. The molecule has 0 saturated carbocycles. The van der Waals surface area contributed by atoms with Crippen LogP contribution in [0.4, 0.5) is 5.69 Å². The third-order valence-electron chi connectivity index (χ3n) is 2.63. The molecule has 0 saturated heterocycles. The van der Waals surface area contributed by atoms with Crippen molar-refractivity contribution in [1.29, 1.82) is 0 Å². The Morgan fingerprint density at radius 2 is 2.18 bits per heavy atom. The van der Waals surface area contributed by atoms with Crippen LogP contribution in [0.2, 0.25) is 5.02 Å². The SMILES string of the molecule is CSCCC(NS(=O)(=O)c1ccc(Cl)c([N+](=O)[O-])c1)C(=O)O. The molecule has 0 bridgehead atoms. The molecule has 1 rings (SSSR count). The highest BCUT2D eigenvalue weighted by Crippen LogP contribution is 2.27. The van der Waals surface area contributed by atoms with Gasteiger partial charge >= 0.3 is 5.97 Å². The molecule has 1 aromatic rings. The molecule has 0 aliphatic rings. The molecular formula is C11H13ClN2O6S2. The molecule has 1 aromatic carbocycles. The van der Waals surface area contributed by atoms with E-state index in [9.17, 15) is 23.3 Å². The number of nitro groups is 1. The lowest BCUT2D eigenvalue weighted by atomic mass is 10.2. The number of nitrogens with zero attached hydrogens (tertiary/aromatic N) is 1. The number of thioether (sulfide) groups is 1. The number of halogens is 1. The van der Waals surface area contributed by atoms with Gasteiger partial charge in [0.2, 0.25) is 10.0 Å². The molecule has 0 spiro atoms. The molecule has 1 unspecified atom stereocenters. The number of benzene rings is 1. The van der Waals surface area contributed by atoms with Crippen LogP contribution in [-0.4, -0.2) is 42.5 Å². The standard InChI is InChI=1S/C11H13ClN2O6S2/c1-21-5-4-9(11(15)16)13-22(19,20)7-2-3-8(12)10(6-7)14(17)18/h2-3,6,9,13H,4-5H2,1H3,(H,15,16). The first-order valence-corrected chi connectivity index (χ1v) is 9.12. The summed E-state index contributed by atoms with van der Waals surface area (Å²) in [6, 6.07) is 1.63. The van der Waals surface area contributed by atoms with E-state index in [2.05, 4.69) is 0 Å². The summed E-state index contributed by atoms with van der Waals surface area (Å²) in [6.45, 7) is 0. The van der Waals surface area contributed by atoms with Crippen molar-refractivity contribution in [3.8, 4) is 0 Å². The molecule has 11 heteroatoms. The summed E-state index contributed by atoms with van der Waals surface area (Å²) in [5, 5.41) is 19.6. The van der Waals surface area contributed by atoms with E-state index in [0.29, 0.717) is 5.75 Å². The average molecular weight is 369 g/mol. The van der Waals surface area contributed by atoms with Crippen molar-refractivity contribution in [2.45, 2.75) is 17.4 Å². The Hall–Kier alpha value is -1.36. The Bertz CT molecular complexity index is 679. The second-order valence-electron chi connectivity index (χ2n) is 4.16. The van der Waals surface area contributed by atoms with Crippen molar-refractivity contribution >= 4 is 45.0 Å². The summed E-state index contributed by atoms with van der Waals surface area (Å²) in [6.07, 6.45) is 1.85. The second kappa shape index (κ2) is 7.77. The molecular weight excluding hydrogens is 356 g/mol. The van der Waals surface area contributed by atoms with Gasteiger partial charge in [0.15, 0.2) is 0 Å². The van der Waals surface area contributed by atoms with Gasteiger partial charge in [-0.2, -0.15) is 16.5 Å². The Balaban J connectivity index is 3.10. The first-order chi connectivity index (χ1) is 10.2. The van der Waals surface area contributed by atoms with Gasteiger partial charge in [0.05, 0.1) is 9.82 Å². The highest BCUT2D eigenvalue weighted by molar-refractivity contribution is 7.98. The van der Waals surface area contributed by atoms with Crippen molar-refractivity contribution in [1.82, 2.24) is 4.72 Å². The van der Waals surface area contributed by atoms with Crippen LogP contribution in [-0.2, 0) is 14.8 Å². The van der Waals surface area contributed by atoms with E-state index in [1.165, 1.54) is 11.8 Å². The minimum Gasteiger partial charge on any atom is -0.480 e. The van der Waals surface area contributed by atoms with Crippen molar-refractivity contribution in [3.63, 3.8) is 0 Å². The molecule has 0 aromatic heterocycles. The van der Waals surface area contributed by atoms with Crippen LogP contribution < -0.4 is 4.72 Å². The Labute approximate surface area is 136 Å². The smallest absolute Gasteiger partial charge is 0.321 e. The number of carboxylic acids is 1. The van der Waals surface area contributed by atoms with Gasteiger partial charge in [-0.05, 0) is 30.6 Å². The molecule has 0 aliphatic carbocycles. The lowest BCUT2D eigenvalue weighted by Gasteiger charge is -2.14. The lowest BCUT2D eigenvalue weighted by molar-refractivity contribution is -0.384. The summed E-state index contributed by atoms with van der Waals surface area (Å²) >= 11 is 6.98. The third kappa shape index (κ3) is 4.83. The second-order valence-corrected chi connectivity index (χ2v) is 7.27. The lowest BCUT2D eigenvalue weighted by Crippen LogP contribution is -2.41. The zero-order chi connectivity index (χ0) is 16.9. The maximum Gasteiger partial charge on any atom is 0.321 e. The summed E-state index contributed by atoms with van der Waals surface area (Å²) in [4.78, 5) is 20.6. The van der Waals surface area contributed by atoms with Crippen LogP contribution in [0, 0.1) is 10.1 Å². The van der Waals surface area contributed by atoms with Crippen molar-refractivity contribution in [3.05, 3.63) is 33.3 Å². The number of nitro benzene ring substituents is 1. The summed E-state index contributed by atoms with van der Waals surface area (Å²) in [7, 11) is -4.21. The van der Waals surface area contributed by atoms with E-state index in [4.69, 9.17) is 16.7 Å². The van der Waals surface area contributed by atoms with Gasteiger partial charge in [0.1, 0.15) is 11.1 Å². The molecule has 0 aliphatic heterocycles. The van der Waals surface area contributed by atoms with Crippen LogP contribution in [0.3, 0.4) is 0 Å². The van der Waals surface area contributed by atoms with E-state index in [1.54, 1.807) is 6.26 Å². The molecule has 0 heterocycles. The van der Waals surface area contributed by atoms with E-state index in [-0.39, 0.29) is 11.4 Å². The molecule has 0 amide bonds. The number of sulfonamides is 1. The van der Waals surface area contributed by atoms with E-state index in [0.717, 1.165) is 18.2 Å². The first-order valence-electron chi connectivity index (χ1n) is 5.87. The van der Waals surface area contributed by atoms with Crippen molar-refractivity contribution in [2.75, 3.05) is 12.0 Å². The number of carbonyl (C=O) groups is 1. The number of carboxylic acid groups (broad SMARTS) is 1. The van der Waals surface area contributed by atoms with Crippen LogP contribution >= 0.6 is 23.4 Å². The highest BCUT2D eigenvalue weighted by Gasteiger charge is 2.27. The predicted molar refractivity (Wildman–Crippen MR) is 82.9 cm³/mol. The minimum absolute atomic E-state index is 0.0887. The number of hydrogen-bond donors (Lipinski definition) is 2. The van der Waals surface area contributed by atoms with Gasteiger partial charge in [-0.1, -0.05) is 11.6 Å². The first kappa shape index (κ1) is 18.7. The number of aliphatic carboxylic acids is 1. The zero-order valence-corrected chi connectivity index (χ0v) is 13.7. The quantitative estimate of drug-likeness (QED) is 0.528. The summed E-state index contributed by atoms with van der Waals surface area (Å²) < 4.78 is 26.3. The third-order valence-corrected chi connectivity index (χ3v) is 5.06. The number of nitrogens with one attached hydrogen (secondary N) is 1. The Morgan fingerprint density at radius 3 is 2.68 bits per heavy atom. The minimum atomic E-state index is -4.21. The average Bonchev–Trinajstić information content (AvgIpc) is 2.43. The Morgan fingerprint density at radius 1 is 1.55 bits per heavy atom. The van der Waals surface area contributed by atoms with Gasteiger partial charge in [-0.25, -0.2) is 8.42 Å². The van der Waals surface area contributed by atoms with Crippen LogP contribution in [0.25, 0.3) is 0 Å². The van der Waals surface area contributed by atoms with Gasteiger partial charge < -0.3 is 5.11 Å². The van der Waals surface area contributed by atoms with E-state index in [1.807, 2.05) is 4.72 Å². The number of rotatable bonds is 8. The number of hydrogen-bond acceptors (Lipinski definition) is 6. The normalized spacial score (nSPS) is 12.8. The topological polar surface area (TPSA) is 127 Å². The van der Waals surface area contributed by atoms with Crippen LogP contribution in [0.1, 0.15) is 6.42 Å². The molecule has 8 nitrogen and oxygen atoms in total. The van der Waals surface area contributed by atoms with Crippen LogP contribution in [0.5, 0.6) is 0 Å². The van der Waals surface area contributed by atoms with Crippen molar-refractivity contribution < 1.29 is 23.2 Å². The molecule has 1 atom stereocenters. The summed E-state index contributed by atoms with van der Waals surface area (Å²) in [5.74, 6) is -0.874. The molecule has 122 valence electrons.